The van der Waals surface area contributed by atoms with Crippen molar-refractivity contribution >= 4 is 5.91 Å². The van der Waals surface area contributed by atoms with Gasteiger partial charge in [0, 0.05) is 24.8 Å². The maximum Gasteiger partial charge on any atom is 0.287 e. The highest BCUT2D eigenvalue weighted by Crippen LogP contribution is 2.15. The summed E-state index contributed by atoms with van der Waals surface area (Å²) in [6.45, 7) is 8.31. The number of likely N-dealkylation sites (tertiary alicyclic amines) is 1. The molecule has 0 aliphatic carbocycles. The number of piperidine rings is 1. The molecular weight excluding hydrogens is 304 g/mol. The van der Waals surface area contributed by atoms with Crippen molar-refractivity contribution in [3.05, 3.63) is 41.1 Å². The van der Waals surface area contributed by atoms with E-state index in [-0.39, 0.29) is 5.91 Å². The van der Waals surface area contributed by atoms with E-state index in [0.29, 0.717) is 12.3 Å². The van der Waals surface area contributed by atoms with Gasteiger partial charge in [-0.15, -0.1) is 0 Å². The fourth-order valence-electron chi connectivity index (χ4n) is 3.08. The normalized spacial score (nSPS) is 15.6. The Bertz CT molecular complexity index is 683. The highest BCUT2D eigenvalue weighted by atomic mass is 16.4. The molecule has 6 nitrogen and oxygen atoms in total. The third-order valence-electron chi connectivity index (χ3n) is 4.52. The van der Waals surface area contributed by atoms with Gasteiger partial charge in [0.1, 0.15) is 5.76 Å². The van der Waals surface area contributed by atoms with Crippen LogP contribution in [-0.4, -0.2) is 33.7 Å². The molecular formula is C18H26N4O2. The molecule has 1 aliphatic heterocycles. The van der Waals surface area contributed by atoms with E-state index >= 15 is 0 Å². The van der Waals surface area contributed by atoms with Gasteiger partial charge >= 0.3 is 0 Å². The molecule has 0 saturated carbocycles. The molecule has 1 aliphatic rings. The topological polar surface area (TPSA) is 63.3 Å². The molecule has 130 valence electrons. The van der Waals surface area contributed by atoms with Gasteiger partial charge in [0.25, 0.3) is 5.91 Å². The molecule has 2 aromatic rings. The lowest BCUT2D eigenvalue weighted by Gasteiger charge is -2.25. The zero-order valence-corrected chi connectivity index (χ0v) is 14.5. The van der Waals surface area contributed by atoms with Gasteiger partial charge in [0.05, 0.1) is 12.2 Å². The van der Waals surface area contributed by atoms with E-state index in [1.807, 2.05) is 30.8 Å². The lowest BCUT2D eigenvalue weighted by atomic mass is 10.1. The molecule has 0 aromatic carbocycles. The summed E-state index contributed by atoms with van der Waals surface area (Å²) in [7, 11) is 0. The molecule has 1 amide bonds. The molecule has 1 fully saturated rings. The lowest BCUT2D eigenvalue weighted by molar-refractivity contribution is 0.0918. The number of amides is 1. The molecule has 6 heteroatoms. The van der Waals surface area contributed by atoms with Crippen molar-refractivity contribution in [3.8, 4) is 0 Å². The zero-order chi connectivity index (χ0) is 16.9. The number of rotatable bonds is 6. The molecule has 0 radical (unpaired) electrons. The highest BCUT2D eigenvalue weighted by molar-refractivity contribution is 5.91. The maximum absolute atomic E-state index is 12.3. The maximum atomic E-state index is 12.3. The van der Waals surface area contributed by atoms with E-state index in [1.165, 1.54) is 19.3 Å². The molecule has 0 spiro atoms. The van der Waals surface area contributed by atoms with Crippen LogP contribution < -0.4 is 5.32 Å². The number of nitrogens with one attached hydrogen (secondary N) is 1. The Hall–Kier alpha value is -2.08. The van der Waals surface area contributed by atoms with Crippen LogP contribution in [0.5, 0.6) is 0 Å². The van der Waals surface area contributed by atoms with Gasteiger partial charge in [-0.1, -0.05) is 6.42 Å². The van der Waals surface area contributed by atoms with E-state index < -0.39 is 0 Å². The van der Waals surface area contributed by atoms with Gasteiger partial charge in [0.15, 0.2) is 5.76 Å². The molecule has 3 rings (SSSR count). The minimum Gasteiger partial charge on any atom is -0.455 e. The summed E-state index contributed by atoms with van der Waals surface area (Å²) in [4.78, 5) is 14.6. The van der Waals surface area contributed by atoms with Crippen molar-refractivity contribution in [1.82, 2.24) is 20.0 Å². The number of aromatic nitrogens is 2. The van der Waals surface area contributed by atoms with Gasteiger partial charge in [-0.3, -0.25) is 14.4 Å². The molecule has 1 saturated heterocycles. The number of aryl methyl sites for hydroxylation is 2. The highest BCUT2D eigenvalue weighted by Gasteiger charge is 2.15. The summed E-state index contributed by atoms with van der Waals surface area (Å²) in [5.74, 6) is 1.06. The Morgan fingerprint density at radius 2 is 2.08 bits per heavy atom. The van der Waals surface area contributed by atoms with Crippen molar-refractivity contribution in [2.24, 2.45) is 0 Å². The van der Waals surface area contributed by atoms with Crippen LogP contribution in [0.25, 0.3) is 0 Å². The summed E-state index contributed by atoms with van der Waals surface area (Å²) < 4.78 is 7.59. The standard InChI is InChI=1S/C18H26N4O2/c1-3-22-12-15(14(2)20-22)11-19-18(23)17-8-7-16(24-17)13-21-9-5-4-6-10-21/h7-8,12H,3-6,9-11,13H2,1-2H3,(H,19,23). The number of carbonyl (C=O) groups excluding carboxylic acids is 1. The number of hydrogen-bond acceptors (Lipinski definition) is 4. The first kappa shape index (κ1) is 16.8. The van der Waals surface area contributed by atoms with Gasteiger partial charge in [-0.25, -0.2) is 0 Å². The van der Waals surface area contributed by atoms with E-state index in [0.717, 1.165) is 43.2 Å². The van der Waals surface area contributed by atoms with Crippen molar-refractivity contribution in [3.63, 3.8) is 0 Å². The van der Waals surface area contributed by atoms with E-state index in [4.69, 9.17) is 4.42 Å². The zero-order valence-electron chi connectivity index (χ0n) is 14.5. The first-order valence-electron chi connectivity index (χ1n) is 8.78. The van der Waals surface area contributed by atoms with Crippen LogP contribution in [0.15, 0.2) is 22.7 Å². The third kappa shape index (κ3) is 4.06. The van der Waals surface area contributed by atoms with Gasteiger partial charge < -0.3 is 9.73 Å². The number of furan rings is 1. The van der Waals surface area contributed by atoms with Crippen molar-refractivity contribution in [2.75, 3.05) is 13.1 Å². The number of hydrogen-bond donors (Lipinski definition) is 1. The van der Waals surface area contributed by atoms with Crippen LogP contribution in [0.4, 0.5) is 0 Å². The summed E-state index contributed by atoms with van der Waals surface area (Å²) in [5, 5.41) is 7.30. The largest absolute Gasteiger partial charge is 0.455 e. The Balaban J connectivity index is 1.54. The van der Waals surface area contributed by atoms with Gasteiger partial charge in [-0.2, -0.15) is 5.10 Å². The molecule has 0 bridgehead atoms. The van der Waals surface area contributed by atoms with Crippen molar-refractivity contribution in [2.45, 2.75) is 52.7 Å². The van der Waals surface area contributed by atoms with Crippen LogP contribution in [0.1, 0.15) is 53.8 Å². The third-order valence-corrected chi connectivity index (χ3v) is 4.52. The smallest absolute Gasteiger partial charge is 0.287 e. The molecule has 1 N–H and O–H groups in total. The molecule has 24 heavy (non-hydrogen) atoms. The average Bonchev–Trinajstić information content (AvgIpc) is 3.20. The fraction of sp³-hybridized carbons (Fsp3) is 0.556. The molecule has 0 atom stereocenters. The van der Waals surface area contributed by atoms with E-state index in [1.54, 1.807) is 6.07 Å². The van der Waals surface area contributed by atoms with Crippen LogP contribution in [0.2, 0.25) is 0 Å². The summed E-state index contributed by atoms with van der Waals surface area (Å²) >= 11 is 0. The Labute approximate surface area is 142 Å². The minimum atomic E-state index is -0.177. The Morgan fingerprint density at radius 1 is 1.29 bits per heavy atom. The van der Waals surface area contributed by atoms with Crippen molar-refractivity contribution < 1.29 is 9.21 Å². The quantitative estimate of drug-likeness (QED) is 0.884. The van der Waals surface area contributed by atoms with Gasteiger partial charge in [0.2, 0.25) is 0 Å². The number of nitrogens with zero attached hydrogens (tertiary/aromatic N) is 3. The fourth-order valence-corrected chi connectivity index (χ4v) is 3.08. The lowest BCUT2D eigenvalue weighted by Crippen LogP contribution is -2.28. The SMILES string of the molecule is CCn1cc(CNC(=O)c2ccc(CN3CCCCC3)o2)c(C)n1. The van der Waals surface area contributed by atoms with Crippen LogP contribution in [0.3, 0.4) is 0 Å². The Kier molecular flexibility index (Phi) is 5.35. The van der Waals surface area contributed by atoms with Crippen molar-refractivity contribution in [1.29, 1.82) is 0 Å². The first-order valence-corrected chi connectivity index (χ1v) is 8.78. The second-order valence-corrected chi connectivity index (χ2v) is 6.38. The van der Waals surface area contributed by atoms with Crippen LogP contribution in [0, 0.1) is 6.92 Å². The Morgan fingerprint density at radius 3 is 2.79 bits per heavy atom. The molecule has 0 unspecified atom stereocenters. The molecule has 3 heterocycles. The van der Waals surface area contributed by atoms with Gasteiger partial charge in [-0.05, 0) is 51.9 Å². The molecule has 2 aromatic heterocycles. The summed E-state index contributed by atoms with van der Waals surface area (Å²) in [6.07, 6.45) is 5.79. The van der Waals surface area contributed by atoms with E-state index in [2.05, 4.69) is 15.3 Å². The monoisotopic (exact) mass is 330 g/mol. The second kappa shape index (κ2) is 7.66. The minimum absolute atomic E-state index is 0.177. The van der Waals surface area contributed by atoms with Crippen LogP contribution >= 0.6 is 0 Å². The predicted octanol–water partition coefficient (Wildman–Crippen LogP) is 2.72. The van der Waals surface area contributed by atoms with E-state index in [9.17, 15) is 4.79 Å². The summed E-state index contributed by atoms with van der Waals surface area (Å²) in [5.41, 5.74) is 1.98. The average molecular weight is 330 g/mol. The van der Waals surface area contributed by atoms with Crippen LogP contribution in [-0.2, 0) is 19.6 Å². The predicted molar refractivity (Wildman–Crippen MR) is 91.6 cm³/mol. The number of carbonyl (C=O) groups is 1. The first-order chi connectivity index (χ1) is 11.7. The second-order valence-electron chi connectivity index (χ2n) is 6.38. The summed E-state index contributed by atoms with van der Waals surface area (Å²) in [6, 6.07) is 3.67.